The number of hydrogen-bond donors (Lipinski definition) is 1. The number of rotatable bonds is 6. The molecule has 0 bridgehead atoms. The first-order chi connectivity index (χ1) is 14.5. The lowest BCUT2D eigenvalue weighted by Gasteiger charge is -2.15. The molecule has 0 aliphatic heterocycles. The zero-order chi connectivity index (χ0) is 22.8. The molecule has 0 aliphatic rings. The molecule has 31 heavy (non-hydrogen) atoms. The van der Waals surface area contributed by atoms with E-state index in [4.69, 9.17) is 0 Å². The van der Waals surface area contributed by atoms with Gasteiger partial charge < -0.3 is 15.0 Å². The minimum absolute atomic E-state index is 0.0321. The second-order valence-corrected chi connectivity index (χ2v) is 7.46. The standard InChI is InChI=1S/C18H17BrF3N7O2/c1-10(14-26-17(28(2)3)27-29(14)16-23-5-4-6-24-16)25-15(30)11-7-12(19)9-13(8-11)31-18(20,21)22/h4-10H,1-3H3,(H,25,30)/t10-/m0/s1. The quantitative estimate of drug-likeness (QED) is 0.555. The van der Waals surface area contributed by atoms with Crippen molar-refractivity contribution in [3.8, 4) is 11.7 Å². The fraction of sp³-hybridized carbons (Fsp3) is 0.278. The number of halogens is 4. The van der Waals surface area contributed by atoms with Crippen molar-refractivity contribution in [2.45, 2.75) is 19.3 Å². The molecule has 0 saturated heterocycles. The monoisotopic (exact) mass is 499 g/mol. The van der Waals surface area contributed by atoms with Crippen molar-refractivity contribution in [1.82, 2.24) is 30.0 Å². The fourth-order valence-electron chi connectivity index (χ4n) is 2.56. The minimum Gasteiger partial charge on any atom is -0.406 e. The van der Waals surface area contributed by atoms with E-state index in [0.717, 1.165) is 12.1 Å². The number of aromatic nitrogens is 5. The van der Waals surface area contributed by atoms with Gasteiger partial charge in [-0.25, -0.2) is 9.97 Å². The van der Waals surface area contributed by atoms with Crippen LogP contribution in [0.3, 0.4) is 0 Å². The van der Waals surface area contributed by atoms with E-state index in [2.05, 4.69) is 46.0 Å². The molecular formula is C18H17BrF3N7O2. The zero-order valence-electron chi connectivity index (χ0n) is 16.6. The summed E-state index contributed by atoms with van der Waals surface area (Å²) in [6, 6.07) is 4.45. The first-order valence-corrected chi connectivity index (χ1v) is 9.61. The molecule has 0 fully saturated rings. The highest BCUT2D eigenvalue weighted by Gasteiger charge is 2.31. The number of hydrogen-bond acceptors (Lipinski definition) is 7. The molecule has 2 heterocycles. The van der Waals surface area contributed by atoms with Crippen LogP contribution < -0.4 is 15.0 Å². The lowest BCUT2D eigenvalue weighted by molar-refractivity contribution is -0.274. The molecular weight excluding hydrogens is 483 g/mol. The summed E-state index contributed by atoms with van der Waals surface area (Å²) in [6.07, 6.45) is -1.80. The van der Waals surface area contributed by atoms with Gasteiger partial charge in [-0.3, -0.25) is 4.79 Å². The Bertz CT molecular complexity index is 1070. The van der Waals surface area contributed by atoms with Crippen molar-refractivity contribution in [2.75, 3.05) is 19.0 Å². The van der Waals surface area contributed by atoms with Crippen molar-refractivity contribution in [1.29, 1.82) is 0 Å². The molecule has 0 unspecified atom stereocenters. The number of nitrogens with zero attached hydrogens (tertiary/aromatic N) is 6. The molecule has 1 atom stereocenters. The number of nitrogens with one attached hydrogen (secondary N) is 1. The number of ether oxygens (including phenoxy) is 1. The van der Waals surface area contributed by atoms with E-state index in [1.807, 2.05) is 0 Å². The highest BCUT2D eigenvalue weighted by atomic mass is 79.9. The summed E-state index contributed by atoms with van der Waals surface area (Å²) >= 11 is 3.09. The Hall–Kier alpha value is -3.22. The van der Waals surface area contributed by atoms with Crippen molar-refractivity contribution >= 4 is 27.8 Å². The maximum absolute atomic E-state index is 12.7. The van der Waals surface area contributed by atoms with Gasteiger partial charge in [0.15, 0.2) is 5.82 Å². The van der Waals surface area contributed by atoms with Gasteiger partial charge in [0.25, 0.3) is 11.9 Å². The van der Waals surface area contributed by atoms with Gasteiger partial charge in [0, 0.05) is 36.5 Å². The van der Waals surface area contributed by atoms with E-state index in [-0.39, 0.29) is 16.0 Å². The van der Waals surface area contributed by atoms with Crippen LogP contribution in [0.1, 0.15) is 29.1 Å². The average Bonchev–Trinajstić information content (AvgIpc) is 3.13. The van der Waals surface area contributed by atoms with Crippen LogP contribution in [-0.4, -0.2) is 51.1 Å². The molecule has 1 aromatic carbocycles. The van der Waals surface area contributed by atoms with Crippen molar-refractivity contribution in [3.05, 3.63) is 52.5 Å². The van der Waals surface area contributed by atoms with E-state index >= 15 is 0 Å². The molecule has 0 spiro atoms. The van der Waals surface area contributed by atoms with Crippen LogP contribution in [0.5, 0.6) is 5.75 Å². The van der Waals surface area contributed by atoms with Gasteiger partial charge in [-0.1, -0.05) is 15.9 Å². The van der Waals surface area contributed by atoms with Crippen LogP contribution in [0, 0.1) is 0 Å². The topological polar surface area (TPSA) is 98.1 Å². The van der Waals surface area contributed by atoms with E-state index in [0.29, 0.717) is 11.8 Å². The van der Waals surface area contributed by atoms with E-state index in [9.17, 15) is 18.0 Å². The predicted molar refractivity (Wildman–Crippen MR) is 108 cm³/mol. The number of alkyl halides is 3. The lowest BCUT2D eigenvalue weighted by Crippen LogP contribution is -2.29. The smallest absolute Gasteiger partial charge is 0.406 e. The first-order valence-electron chi connectivity index (χ1n) is 8.82. The predicted octanol–water partition coefficient (Wildman–Crippen LogP) is 3.28. The highest BCUT2D eigenvalue weighted by Crippen LogP contribution is 2.27. The average molecular weight is 500 g/mol. The third-order valence-corrected chi connectivity index (χ3v) is 4.32. The Labute approximate surface area is 183 Å². The Morgan fingerprint density at radius 3 is 2.52 bits per heavy atom. The summed E-state index contributed by atoms with van der Waals surface area (Å²) in [5.41, 5.74) is -0.0321. The SMILES string of the molecule is C[C@H](NC(=O)c1cc(Br)cc(OC(F)(F)F)c1)c1nc(N(C)C)nn1-c1ncccn1. The zero-order valence-corrected chi connectivity index (χ0v) is 18.1. The van der Waals surface area contributed by atoms with Crippen molar-refractivity contribution in [2.24, 2.45) is 0 Å². The van der Waals surface area contributed by atoms with Crippen LogP contribution in [0.4, 0.5) is 19.1 Å². The summed E-state index contributed by atoms with van der Waals surface area (Å²) in [6.45, 7) is 1.66. The third-order valence-electron chi connectivity index (χ3n) is 3.86. The van der Waals surface area contributed by atoms with Crippen LogP contribution in [0.2, 0.25) is 0 Å². The van der Waals surface area contributed by atoms with Gasteiger partial charge in [0.1, 0.15) is 5.75 Å². The Balaban J connectivity index is 1.88. The van der Waals surface area contributed by atoms with Crippen LogP contribution >= 0.6 is 15.9 Å². The normalized spacial score (nSPS) is 12.4. The van der Waals surface area contributed by atoms with E-state index in [1.165, 1.54) is 23.1 Å². The second-order valence-electron chi connectivity index (χ2n) is 6.54. The van der Waals surface area contributed by atoms with Crippen molar-refractivity contribution in [3.63, 3.8) is 0 Å². The summed E-state index contributed by atoms with van der Waals surface area (Å²) in [4.78, 5) is 27.1. The van der Waals surface area contributed by atoms with E-state index < -0.39 is 24.1 Å². The number of amides is 1. The van der Waals surface area contributed by atoms with Crippen LogP contribution in [-0.2, 0) is 0 Å². The minimum atomic E-state index is -4.88. The second kappa shape index (κ2) is 8.88. The van der Waals surface area contributed by atoms with Gasteiger partial charge in [-0.2, -0.15) is 9.67 Å². The molecule has 1 N–H and O–H groups in total. The number of benzene rings is 1. The first kappa shape index (κ1) is 22.5. The number of anilines is 1. The maximum atomic E-state index is 12.7. The molecule has 3 aromatic rings. The molecule has 0 aliphatic carbocycles. The molecule has 1 amide bonds. The number of carbonyl (C=O) groups is 1. The lowest BCUT2D eigenvalue weighted by atomic mass is 10.2. The molecule has 9 nitrogen and oxygen atoms in total. The summed E-state index contributed by atoms with van der Waals surface area (Å²) in [5.74, 6) is -0.189. The molecule has 13 heteroatoms. The van der Waals surface area contributed by atoms with Gasteiger partial charge in [-0.15, -0.1) is 18.3 Å². The number of carbonyl (C=O) groups excluding carboxylic acids is 1. The van der Waals surface area contributed by atoms with Gasteiger partial charge in [0.2, 0.25) is 5.95 Å². The Morgan fingerprint density at radius 2 is 1.90 bits per heavy atom. The molecule has 0 saturated carbocycles. The molecule has 2 aromatic heterocycles. The Kier molecular flexibility index (Phi) is 6.43. The summed E-state index contributed by atoms with van der Waals surface area (Å²) in [5, 5.41) is 7.05. The maximum Gasteiger partial charge on any atom is 0.573 e. The largest absolute Gasteiger partial charge is 0.573 e. The fourth-order valence-corrected chi connectivity index (χ4v) is 3.03. The summed E-state index contributed by atoms with van der Waals surface area (Å²) in [7, 11) is 3.50. The molecule has 0 radical (unpaired) electrons. The summed E-state index contributed by atoms with van der Waals surface area (Å²) < 4.78 is 43.2. The van der Waals surface area contributed by atoms with Crippen LogP contribution in [0.25, 0.3) is 5.95 Å². The molecule has 3 rings (SSSR count). The third kappa shape index (κ3) is 5.69. The van der Waals surface area contributed by atoms with Crippen molar-refractivity contribution < 1.29 is 22.7 Å². The van der Waals surface area contributed by atoms with Gasteiger partial charge >= 0.3 is 6.36 Å². The molecule has 164 valence electrons. The highest BCUT2D eigenvalue weighted by molar-refractivity contribution is 9.10. The van der Waals surface area contributed by atoms with Crippen LogP contribution in [0.15, 0.2) is 41.1 Å². The van der Waals surface area contributed by atoms with E-state index in [1.54, 1.807) is 32.0 Å². The van der Waals surface area contributed by atoms with Gasteiger partial charge in [-0.05, 0) is 31.2 Å². The Morgan fingerprint density at radius 1 is 1.23 bits per heavy atom. The van der Waals surface area contributed by atoms with Gasteiger partial charge in [0.05, 0.1) is 6.04 Å².